The molecule has 0 aliphatic carbocycles. The molecule has 0 fully saturated rings. The van der Waals surface area contributed by atoms with Crippen LogP contribution in [0.5, 0.6) is 0 Å². The third kappa shape index (κ3) is 3.06. The Morgan fingerprint density at radius 2 is 2.12 bits per heavy atom. The molecule has 0 radical (unpaired) electrons. The minimum Gasteiger partial charge on any atom is -0.324 e. The summed E-state index contributed by atoms with van der Waals surface area (Å²) in [7, 11) is 0. The summed E-state index contributed by atoms with van der Waals surface area (Å²) >= 11 is 3.52. The lowest BCUT2D eigenvalue weighted by Gasteiger charge is -2.33. The van der Waals surface area contributed by atoms with E-state index >= 15 is 0 Å². The molecule has 88 valence electrons. The Balaban J connectivity index is 2.09. The first-order chi connectivity index (χ1) is 7.44. The molecule has 2 N–H and O–H groups in total. The Hall–Kier alpha value is -0.380. The minimum atomic E-state index is -0.104. The second-order valence-electron chi connectivity index (χ2n) is 5.36. The van der Waals surface area contributed by atoms with Crippen LogP contribution in [0.25, 0.3) is 0 Å². The van der Waals surface area contributed by atoms with Gasteiger partial charge in [-0.1, -0.05) is 22.0 Å². The number of benzene rings is 1. The average molecular weight is 283 g/mol. The van der Waals surface area contributed by atoms with Crippen LogP contribution < -0.4 is 5.73 Å². The van der Waals surface area contributed by atoms with E-state index in [2.05, 4.69) is 52.9 Å². The van der Waals surface area contributed by atoms with Crippen LogP contribution >= 0.6 is 15.9 Å². The summed E-state index contributed by atoms with van der Waals surface area (Å²) in [5, 5.41) is 0. The maximum absolute atomic E-state index is 6.06. The van der Waals surface area contributed by atoms with Crippen LogP contribution in [-0.2, 0) is 13.0 Å². The average Bonchev–Trinajstić information content (AvgIpc) is 2.16. The molecule has 0 unspecified atom stereocenters. The van der Waals surface area contributed by atoms with Crippen molar-refractivity contribution >= 4 is 15.9 Å². The van der Waals surface area contributed by atoms with Gasteiger partial charge in [0, 0.05) is 29.6 Å². The SMILES string of the molecule is CC(C)(N)CN1CCc2cc(Br)ccc2C1. The third-order valence-corrected chi connectivity index (χ3v) is 3.38. The fourth-order valence-electron chi connectivity index (χ4n) is 2.29. The number of nitrogens with zero attached hydrogens (tertiary/aromatic N) is 1. The van der Waals surface area contributed by atoms with Gasteiger partial charge < -0.3 is 5.73 Å². The Morgan fingerprint density at radius 3 is 2.81 bits per heavy atom. The smallest absolute Gasteiger partial charge is 0.0237 e. The first kappa shape index (κ1) is 12.1. The molecule has 2 nitrogen and oxygen atoms in total. The number of hydrogen-bond donors (Lipinski definition) is 1. The summed E-state index contributed by atoms with van der Waals surface area (Å²) in [5.41, 5.74) is 8.87. The fourth-order valence-corrected chi connectivity index (χ4v) is 2.70. The summed E-state index contributed by atoms with van der Waals surface area (Å²) in [6.45, 7) is 7.28. The van der Waals surface area contributed by atoms with Crippen molar-refractivity contribution in [2.75, 3.05) is 13.1 Å². The Bertz CT molecular complexity index is 382. The highest BCUT2D eigenvalue weighted by Crippen LogP contribution is 2.23. The van der Waals surface area contributed by atoms with E-state index in [-0.39, 0.29) is 5.54 Å². The van der Waals surface area contributed by atoms with Gasteiger partial charge in [0.1, 0.15) is 0 Å². The quantitative estimate of drug-likeness (QED) is 0.903. The number of nitrogens with two attached hydrogens (primary N) is 1. The molecule has 1 aromatic rings. The largest absolute Gasteiger partial charge is 0.324 e. The van der Waals surface area contributed by atoms with E-state index in [1.165, 1.54) is 15.6 Å². The summed E-state index contributed by atoms with van der Waals surface area (Å²) in [4.78, 5) is 2.44. The van der Waals surface area contributed by atoms with Crippen LogP contribution in [0, 0.1) is 0 Å². The zero-order chi connectivity index (χ0) is 11.8. The molecule has 0 aromatic heterocycles. The lowest BCUT2D eigenvalue weighted by atomic mass is 9.98. The van der Waals surface area contributed by atoms with E-state index in [1.807, 2.05) is 0 Å². The molecule has 0 bridgehead atoms. The van der Waals surface area contributed by atoms with Crippen molar-refractivity contribution in [1.82, 2.24) is 4.90 Å². The van der Waals surface area contributed by atoms with Crippen LogP contribution in [0.15, 0.2) is 22.7 Å². The number of rotatable bonds is 2. The van der Waals surface area contributed by atoms with Gasteiger partial charge in [-0.2, -0.15) is 0 Å². The topological polar surface area (TPSA) is 29.3 Å². The van der Waals surface area contributed by atoms with E-state index in [4.69, 9.17) is 5.73 Å². The van der Waals surface area contributed by atoms with Gasteiger partial charge in [0.05, 0.1) is 0 Å². The van der Waals surface area contributed by atoms with Crippen molar-refractivity contribution < 1.29 is 0 Å². The zero-order valence-electron chi connectivity index (χ0n) is 9.96. The predicted octanol–water partition coefficient (Wildman–Crippen LogP) is 2.54. The van der Waals surface area contributed by atoms with Crippen molar-refractivity contribution in [3.8, 4) is 0 Å². The van der Waals surface area contributed by atoms with Crippen molar-refractivity contribution in [3.05, 3.63) is 33.8 Å². The van der Waals surface area contributed by atoms with Crippen LogP contribution in [0.2, 0.25) is 0 Å². The van der Waals surface area contributed by atoms with Gasteiger partial charge in [-0.3, -0.25) is 4.90 Å². The minimum absolute atomic E-state index is 0.104. The predicted molar refractivity (Wildman–Crippen MR) is 71.4 cm³/mol. The molecule has 1 heterocycles. The Morgan fingerprint density at radius 1 is 1.38 bits per heavy atom. The van der Waals surface area contributed by atoms with Gasteiger partial charge in [-0.25, -0.2) is 0 Å². The molecule has 0 amide bonds. The van der Waals surface area contributed by atoms with E-state index < -0.39 is 0 Å². The second kappa shape index (κ2) is 4.47. The first-order valence-electron chi connectivity index (χ1n) is 5.73. The highest BCUT2D eigenvalue weighted by molar-refractivity contribution is 9.10. The van der Waals surface area contributed by atoms with Gasteiger partial charge in [-0.15, -0.1) is 0 Å². The van der Waals surface area contributed by atoms with Gasteiger partial charge in [0.25, 0.3) is 0 Å². The Kier molecular flexibility index (Phi) is 3.38. The molecule has 0 saturated heterocycles. The summed E-state index contributed by atoms with van der Waals surface area (Å²) in [5.74, 6) is 0. The van der Waals surface area contributed by atoms with E-state index in [9.17, 15) is 0 Å². The lowest BCUT2D eigenvalue weighted by Crippen LogP contribution is -2.46. The first-order valence-corrected chi connectivity index (χ1v) is 6.52. The molecular weight excluding hydrogens is 264 g/mol. The van der Waals surface area contributed by atoms with Crippen molar-refractivity contribution in [3.63, 3.8) is 0 Å². The number of hydrogen-bond acceptors (Lipinski definition) is 2. The molecule has 2 rings (SSSR count). The standard InChI is InChI=1S/C13H19BrN2/c1-13(2,15)9-16-6-5-10-7-12(14)4-3-11(10)8-16/h3-4,7H,5-6,8-9,15H2,1-2H3. The zero-order valence-corrected chi connectivity index (χ0v) is 11.5. The number of halogens is 1. The van der Waals surface area contributed by atoms with E-state index in [1.54, 1.807) is 0 Å². The van der Waals surface area contributed by atoms with Crippen LogP contribution in [-0.4, -0.2) is 23.5 Å². The summed E-state index contributed by atoms with van der Waals surface area (Å²) < 4.78 is 1.18. The van der Waals surface area contributed by atoms with E-state index in [0.717, 1.165) is 26.1 Å². The molecule has 3 heteroatoms. The molecule has 1 aliphatic rings. The maximum Gasteiger partial charge on any atom is 0.0237 e. The van der Waals surface area contributed by atoms with Crippen molar-refractivity contribution in [1.29, 1.82) is 0 Å². The van der Waals surface area contributed by atoms with Crippen molar-refractivity contribution in [2.45, 2.75) is 32.4 Å². The molecule has 0 atom stereocenters. The monoisotopic (exact) mass is 282 g/mol. The molecule has 0 spiro atoms. The fraction of sp³-hybridized carbons (Fsp3) is 0.538. The van der Waals surface area contributed by atoms with Crippen LogP contribution in [0.4, 0.5) is 0 Å². The van der Waals surface area contributed by atoms with Crippen molar-refractivity contribution in [2.24, 2.45) is 5.73 Å². The Labute approximate surface area is 106 Å². The van der Waals surface area contributed by atoms with Gasteiger partial charge >= 0.3 is 0 Å². The molecular formula is C13H19BrN2. The van der Waals surface area contributed by atoms with Crippen LogP contribution in [0.3, 0.4) is 0 Å². The summed E-state index contributed by atoms with van der Waals surface area (Å²) in [6, 6.07) is 6.57. The molecule has 0 saturated carbocycles. The highest BCUT2D eigenvalue weighted by atomic mass is 79.9. The van der Waals surface area contributed by atoms with Gasteiger partial charge in [0.2, 0.25) is 0 Å². The van der Waals surface area contributed by atoms with E-state index in [0.29, 0.717) is 0 Å². The maximum atomic E-state index is 6.06. The molecule has 16 heavy (non-hydrogen) atoms. The van der Waals surface area contributed by atoms with Crippen LogP contribution in [0.1, 0.15) is 25.0 Å². The lowest BCUT2D eigenvalue weighted by molar-refractivity contribution is 0.209. The third-order valence-electron chi connectivity index (χ3n) is 2.89. The highest BCUT2D eigenvalue weighted by Gasteiger charge is 2.21. The number of fused-ring (bicyclic) bond motifs is 1. The molecule has 1 aromatic carbocycles. The normalized spacial score (nSPS) is 17.2. The van der Waals surface area contributed by atoms with Gasteiger partial charge in [0.15, 0.2) is 0 Å². The molecule has 1 aliphatic heterocycles. The second-order valence-corrected chi connectivity index (χ2v) is 6.28. The summed E-state index contributed by atoms with van der Waals surface area (Å²) in [6.07, 6.45) is 1.13. The van der Waals surface area contributed by atoms with Gasteiger partial charge in [-0.05, 0) is 43.5 Å².